The number of hydrogen-bond donors (Lipinski definition) is 1. The Morgan fingerprint density at radius 1 is 1.47 bits per heavy atom. The fourth-order valence-corrected chi connectivity index (χ4v) is 1.33. The number of aliphatic hydroxyl groups is 1. The van der Waals surface area contributed by atoms with E-state index in [0.717, 1.165) is 4.57 Å². The zero-order valence-electron chi connectivity index (χ0n) is 9.01. The first kappa shape index (κ1) is 11.7. The van der Waals surface area contributed by atoms with E-state index in [1.54, 1.807) is 6.92 Å². The largest absolute Gasteiger partial charge is 0.396 e. The molecule has 1 heterocycles. The third-order valence-corrected chi connectivity index (χ3v) is 2.29. The van der Waals surface area contributed by atoms with Gasteiger partial charge in [-0.2, -0.15) is 0 Å². The Kier molecular flexibility index (Phi) is 3.85. The molecule has 0 amide bonds. The molecule has 0 saturated heterocycles. The first-order valence-electron chi connectivity index (χ1n) is 5.01. The van der Waals surface area contributed by atoms with E-state index in [1.807, 2.05) is 6.92 Å². The molecule has 5 heteroatoms. The van der Waals surface area contributed by atoms with E-state index in [4.69, 9.17) is 5.11 Å². The van der Waals surface area contributed by atoms with Crippen molar-refractivity contribution in [2.45, 2.75) is 26.9 Å². The molecule has 0 aliphatic rings. The number of hydrogen-bond acceptors (Lipinski definition) is 3. The van der Waals surface area contributed by atoms with Crippen molar-refractivity contribution >= 4 is 0 Å². The third kappa shape index (κ3) is 2.56. The molecule has 84 valence electrons. The molecular formula is C10H16N2O3. The topological polar surface area (TPSA) is 64.2 Å². The monoisotopic (exact) mass is 212 g/mol. The van der Waals surface area contributed by atoms with Crippen molar-refractivity contribution in [2.24, 2.45) is 5.92 Å². The summed E-state index contributed by atoms with van der Waals surface area (Å²) in [6.45, 7) is 4.38. The molecule has 1 rings (SSSR count). The molecule has 0 fully saturated rings. The first-order valence-corrected chi connectivity index (χ1v) is 5.01. The second kappa shape index (κ2) is 4.93. The van der Waals surface area contributed by atoms with Gasteiger partial charge in [-0.3, -0.25) is 9.36 Å². The van der Waals surface area contributed by atoms with Crippen LogP contribution < -0.4 is 11.2 Å². The normalized spacial score (nSPS) is 12.7. The molecule has 0 aliphatic carbocycles. The number of aryl methyl sites for hydroxylation is 1. The molecule has 1 aromatic heterocycles. The molecule has 1 aromatic rings. The Labute approximate surface area is 87.6 Å². The highest BCUT2D eigenvalue weighted by molar-refractivity contribution is 4.86. The molecule has 0 spiro atoms. The Balaban J connectivity index is 3.16. The molecule has 0 radical (unpaired) electrons. The maximum absolute atomic E-state index is 11.7. The molecular weight excluding hydrogens is 196 g/mol. The zero-order chi connectivity index (χ0) is 11.4. The van der Waals surface area contributed by atoms with E-state index in [0.29, 0.717) is 6.54 Å². The van der Waals surface area contributed by atoms with Crippen molar-refractivity contribution in [2.75, 3.05) is 6.61 Å². The predicted molar refractivity (Wildman–Crippen MR) is 56.9 cm³/mol. The van der Waals surface area contributed by atoms with E-state index in [9.17, 15) is 9.59 Å². The minimum atomic E-state index is -0.315. The van der Waals surface area contributed by atoms with Crippen LogP contribution in [0.4, 0.5) is 0 Å². The number of rotatable bonds is 4. The van der Waals surface area contributed by atoms with Crippen LogP contribution in [0.15, 0.2) is 21.9 Å². The standard InChI is InChI=1S/C10H16N2O3/c1-3-11-5-4-9(14)12(10(11)15)6-8(2)7-13/h4-5,8,13H,3,6-7H2,1-2H3. The summed E-state index contributed by atoms with van der Waals surface area (Å²) in [5.41, 5.74) is -0.629. The molecule has 0 aliphatic heterocycles. The molecule has 1 N–H and O–H groups in total. The lowest BCUT2D eigenvalue weighted by Crippen LogP contribution is -2.40. The second-order valence-corrected chi connectivity index (χ2v) is 3.62. The molecule has 5 nitrogen and oxygen atoms in total. The Morgan fingerprint density at radius 3 is 2.67 bits per heavy atom. The van der Waals surface area contributed by atoms with Gasteiger partial charge in [0.25, 0.3) is 5.56 Å². The lowest BCUT2D eigenvalue weighted by Gasteiger charge is -2.11. The van der Waals surface area contributed by atoms with Gasteiger partial charge in [0.1, 0.15) is 0 Å². The Bertz CT molecular complexity index is 433. The molecule has 1 atom stereocenters. The highest BCUT2D eigenvalue weighted by Gasteiger charge is 2.07. The minimum Gasteiger partial charge on any atom is -0.396 e. The van der Waals surface area contributed by atoms with Crippen LogP contribution in [0.3, 0.4) is 0 Å². The Hall–Kier alpha value is -1.36. The summed E-state index contributed by atoms with van der Waals surface area (Å²) in [5.74, 6) is -0.0943. The van der Waals surface area contributed by atoms with Gasteiger partial charge in [-0.1, -0.05) is 6.92 Å². The van der Waals surface area contributed by atoms with Crippen molar-refractivity contribution in [1.29, 1.82) is 0 Å². The zero-order valence-corrected chi connectivity index (χ0v) is 9.01. The van der Waals surface area contributed by atoms with Gasteiger partial charge in [-0.25, -0.2) is 4.79 Å². The molecule has 0 aromatic carbocycles. The van der Waals surface area contributed by atoms with E-state index < -0.39 is 0 Å². The quantitative estimate of drug-likeness (QED) is 0.742. The highest BCUT2D eigenvalue weighted by atomic mass is 16.3. The SMILES string of the molecule is CCn1ccc(=O)n(CC(C)CO)c1=O. The average Bonchev–Trinajstić information content (AvgIpc) is 2.24. The minimum absolute atomic E-state index is 0.0348. The van der Waals surface area contributed by atoms with Gasteiger partial charge in [0.15, 0.2) is 0 Å². The fraction of sp³-hybridized carbons (Fsp3) is 0.600. The first-order chi connectivity index (χ1) is 7.10. The van der Waals surface area contributed by atoms with Crippen LogP contribution in [0.1, 0.15) is 13.8 Å². The van der Waals surface area contributed by atoms with Crippen LogP contribution in [0.2, 0.25) is 0 Å². The van der Waals surface area contributed by atoms with E-state index >= 15 is 0 Å². The lowest BCUT2D eigenvalue weighted by molar-refractivity contribution is 0.219. The van der Waals surface area contributed by atoms with Gasteiger partial charge in [0.05, 0.1) is 0 Å². The van der Waals surface area contributed by atoms with Gasteiger partial charge in [-0.15, -0.1) is 0 Å². The second-order valence-electron chi connectivity index (χ2n) is 3.62. The van der Waals surface area contributed by atoms with Crippen LogP contribution in [0.5, 0.6) is 0 Å². The Morgan fingerprint density at radius 2 is 2.13 bits per heavy atom. The number of aromatic nitrogens is 2. The summed E-state index contributed by atoms with van der Waals surface area (Å²) >= 11 is 0. The number of nitrogens with zero attached hydrogens (tertiary/aromatic N) is 2. The van der Waals surface area contributed by atoms with Crippen molar-refractivity contribution < 1.29 is 5.11 Å². The van der Waals surface area contributed by atoms with Crippen LogP contribution in [-0.2, 0) is 13.1 Å². The third-order valence-electron chi connectivity index (χ3n) is 2.29. The maximum Gasteiger partial charge on any atom is 0.330 e. The van der Waals surface area contributed by atoms with E-state index in [-0.39, 0.29) is 30.3 Å². The van der Waals surface area contributed by atoms with Crippen LogP contribution >= 0.6 is 0 Å². The molecule has 1 unspecified atom stereocenters. The maximum atomic E-state index is 11.7. The smallest absolute Gasteiger partial charge is 0.330 e. The van der Waals surface area contributed by atoms with Crippen LogP contribution in [0.25, 0.3) is 0 Å². The van der Waals surface area contributed by atoms with E-state index in [1.165, 1.54) is 16.8 Å². The molecule has 15 heavy (non-hydrogen) atoms. The van der Waals surface area contributed by atoms with Crippen molar-refractivity contribution in [3.63, 3.8) is 0 Å². The summed E-state index contributed by atoms with van der Waals surface area (Å²) in [6, 6.07) is 1.37. The average molecular weight is 212 g/mol. The van der Waals surface area contributed by atoms with Crippen molar-refractivity contribution in [3.05, 3.63) is 33.1 Å². The lowest BCUT2D eigenvalue weighted by atomic mass is 10.2. The van der Waals surface area contributed by atoms with Gasteiger partial charge in [0, 0.05) is 32.0 Å². The summed E-state index contributed by atoms with van der Waals surface area (Å²) in [4.78, 5) is 23.1. The number of aliphatic hydroxyl groups excluding tert-OH is 1. The van der Waals surface area contributed by atoms with Crippen molar-refractivity contribution in [3.8, 4) is 0 Å². The highest BCUT2D eigenvalue weighted by Crippen LogP contribution is 1.93. The fourth-order valence-electron chi connectivity index (χ4n) is 1.33. The van der Waals surface area contributed by atoms with Gasteiger partial charge in [0.2, 0.25) is 0 Å². The molecule has 0 saturated carbocycles. The predicted octanol–water partition coefficient (Wildman–Crippen LogP) is -0.342. The van der Waals surface area contributed by atoms with Gasteiger partial charge >= 0.3 is 5.69 Å². The van der Waals surface area contributed by atoms with Gasteiger partial charge < -0.3 is 9.67 Å². The van der Waals surface area contributed by atoms with E-state index in [2.05, 4.69) is 0 Å². The summed E-state index contributed by atoms with van der Waals surface area (Å²) in [6.07, 6.45) is 1.49. The van der Waals surface area contributed by atoms with Crippen LogP contribution in [0, 0.1) is 5.92 Å². The summed E-state index contributed by atoms with van der Waals surface area (Å²) < 4.78 is 2.62. The van der Waals surface area contributed by atoms with Crippen molar-refractivity contribution in [1.82, 2.24) is 9.13 Å². The summed E-state index contributed by atoms with van der Waals surface area (Å²) in [7, 11) is 0. The van der Waals surface area contributed by atoms with Crippen LogP contribution in [-0.4, -0.2) is 20.8 Å². The summed E-state index contributed by atoms with van der Waals surface area (Å²) in [5, 5.41) is 8.88. The molecule has 0 bridgehead atoms. The van der Waals surface area contributed by atoms with Gasteiger partial charge in [-0.05, 0) is 12.8 Å².